The molecule has 1 aliphatic rings. The number of aromatic nitrogens is 6. The van der Waals surface area contributed by atoms with Crippen LogP contribution in [0.15, 0.2) is 29.3 Å². The average molecular weight is 431 g/mol. The third kappa shape index (κ3) is 3.58. The molecule has 4 heterocycles. The van der Waals surface area contributed by atoms with E-state index in [1.807, 2.05) is 50.1 Å². The van der Waals surface area contributed by atoms with Gasteiger partial charge in [-0.3, -0.25) is 4.68 Å². The van der Waals surface area contributed by atoms with Gasteiger partial charge in [0.25, 0.3) is 0 Å². The van der Waals surface area contributed by atoms with Crippen LogP contribution in [-0.4, -0.2) is 68.7 Å². The first kappa shape index (κ1) is 20.5. The third-order valence-corrected chi connectivity index (χ3v) is 7.52. The Morgan fingerprint density at radius 3 is 2.13 bits per heavy atom. The number of aryl methyl sites for hydroxylation is 3. The van der Waals surface area contributed by atoms with E-state index in [1.54, 1.807) is 16.3 Å². The van der Waals surface area contributed by atoms with E-state index in [0.29, 0.717) is 54.8 Å². The fourth-order valence-electron chi connectivity index (χ4n) is 3.80. The highest BCUT2D eigenvalue weighted by Crippen LogP contribution is 2.25. The number of piperazine rings is 1. The van der Waals surface area contributed by atoms with E-state index < -0.39 is 10.0 Å². The molecule has 30 heavy (non-hydrogen) atoms. The maximum absolute atomic E-state index is 13.2. The van der Waals surface area contributed by atoms with Crippen LogP contribution >= 0.6 is 0 Å². The molecule has 10 nitrogen and oxygen atoms in total. The molecule has 0 aromatic carbocycles. The number of nitrogens with zero attached hydrogens (tertiary/aromatic N) is 8. The molecule has 1 saturated heterocycles. The molecular weight excluding hydrogens is 404 g/mol. The van der Waals surface area contributed by atoms with Crippen LogP contribution in [0, 0.1) is 20.8 Å². The van der Waals surface area contributed by atoms with Crippen LogP contribution in [0.1, 0.15) is 24.0 Å². The van der Waals surface area contributed by atoms with Crippen molar-refractivity contribution in [2.45, 2.75) is 39.1 Å². The van der Waals surface area contributed by atoms with Crippen LogP contribution in [0.4, 0.5) is 5.82 Å². The molecule has 160 valence electrons. The van der Waals surface area contributed by atoms with Crippen LogP contribution in [-0.2, 0) is 16.6 Å². The van der Waals surface area contributed by atoms with Crippen LogP contribution in [0.2, 0.25) is 0 Å². The van der Waals surface area contributed by atoms with Gasteiger partial charge in [-0.05, 0) is 45.9 Å². The van der Waals surface area contributed by atoms with Gasteiger partial charge in [-0.15, -0.1) is 10.2 Å². The lowest BCUT2D eigenvalue weighted by molar-refractivity contribution is 0.383. The summed E-state index contributed by atoms with van der Waals surface area (Å²) >= 11 is 0. The smallest absolute Gasteiger partial charge is 0.246 e. The SMILES string of the molecule is CCn1nc(C)c(S(=O)(=O)N2CCN(c3ccc(-n4ccc(C)n4)nn3)CC2)c1C. The topological polar surface area (TPSA) is 102 Å². The van der Waals surface area contributed by atoms with E-state index in [2.05, 4.69) is 20.4 Å². The van der Waals surface area contributed by atoms with Gasteiger partial charge in [-0.2, -0.15) is 14.5 Å². The van der Waals surface area contributed by atoms with E-state index >= 15 is 0 Å². The van der Waals surface area contributed by atoms with Crippen molar-refractivity contribution in [2.75, 3.05) is 31.1 Å². The molecule has 1 aliphatic heterocycles. The van der Waals surface area contributed by atoms with Crippen LogP contribution in [0.5, 0.6) is 0 Å². The molecule has 3 aromatic heterocycles. The van der Waals surface area contributed by atoms with E-state index in [0.717, 1.165) is 11.5 Å². The molecule has 0 bridgehead atoms. The molecule has 0 amide bonds. The summed E-state index contributed by atoms with van der Waals surface area (Å²) in [6.07, 6.45) is 1.84. The standard InChI is InChI=1S/C19H26N8O2S/c1-5-26-16(4)19(15(3)23-26)30(28,29)25-12-10-24(11-13-25)17-6-7-18(21-20-17)27-9-8-14(2)22-27/h6-9H,5,10-13H2,1-4H3. The van der Waals surface area contributed by atoms with Crippen LogP contribution in [0.3, 0.4) is 0 Å². The number of hydrogen-bond donors (Lipinski definition) is 0. The maximum atomic E-state index is 13.2. The lowest BCUT2D eigenvalue weighted by atomic mass is 10.3. The summed E-state index contributed by atoms with van der Waals surface area (Å²) in [4.78, 5) is 2.38. The Kier molecular flexibility index (Phi) is 5.33. The Labute approximate surface area is 176 Å². The predicted molar refractivity (Wildman–Crippen MR) is 112 cm³/mol. The van der Waals surface area contributed by atoms with Crippen LogP contribution in [0.25, 0.3) is 5.82 Å². The summed E-state index contributed by atoms with van der Waals surface area (Å²) in [7, 11) is -3.58. The second-order valence-corrected chi connectivity index (χ2v) is 9.23. The Morgan fingerprint density at radius 2 is 1.60 bits per heavy atom. The van der Waals surface area contributed by atoms with E-state index in [-0.39, 0.29) is 0 Å². The second-order valence-electron chi connectivity index (χ2n) is 7.36. The Hall–Kier alpha value is -2.79. The average Bonchev–Trinajstić information content (AvgIpc) is 3.30. The van der Waals surface area contributed by atoms with Crippen molar-refractivity contribution in [3.8, 4) is 5.82 Å². The van der Waals surface area contributed by atoms with Gasteiger partial charge in [0.15, 0.2) is 11.6 Å². The van der Waals surface area contributed by atoms with Crippen molar-refractivity contribution in [2.24, 2.45) is 0 Å². The number of anilines is 1. The summed E-state index contributed by atoms with van der Waals surface area (Å²) in [5, 5.41) is 17.3. The Balaban J connectivity index is 1.47. The van der Waals surface area contributed by atoms with Gasteiger partial charge in [0.2, 0.25) is 10.0 Å². The maximum Gasteiger partial charge on any atom is 0.246 e. The summed E-state index contributed by atoms with van der Waals surface area (Å²) < 4.78 is 31.4. The summed E-state index contributed by atoms with van der Waals surface area (Å²) in [5.74, 6) is 1.37. The zero-order valence-electron chi connectivity index (χ0n) is 17.6. The molecule has 4 rings (SSSR count). The van der Waals surface area contributed by atoms with Crippen molar-refractivity contribution >= 4 is 15.8 Å². The zero-order valence-corrected chi connectivity index (χ0v) is 18.5. The largest absolute Gasteiger partial charge is 0.352 e. The lowest BCUT2D eigenvalue weighted by Gasteiger charge is -2.34. The minimum atomic E-state index is -3.58. The number of hydrogen-bond acceptors (Lipinski definition) is 7. The van der Waals surface area contributed by atoms with Crippen molar-refractivity contribution in [3.63, 3.8) is 0 Å². The van der Waals surface area contributed by atoms with Crippen LogP contribution < -0.4 is 4.90 Å². The molecule has 0 aliphatic carbocycles. The molecule has 0 unspecified atom stereocenters. The summed E-state index contributed by atoms with van der Waals surface area (Å²) in [6, 6.07) is 5.66. The van der Waals surface area contributed by atoms with Crippen molar-refractivity contribution in [3.05, 3.63) is 41.5 Å². The molecule has 0 spiro atoms. The van der Waals surface area contributed by atoms with E-state index in [9.17, 15) is 8.42 Å². The van der Waals surface area contributed by atoms with Gasteiger partial charge >= 0.3 is 0 Å². The second kappa shape index (κ2) is 7.80. The molecule has 0 saturated carbocycles. The predicted octanol–water partition coefficient (Wildman–Crippen LogP) is 1.31. The van der Waals surface area contributed by atoms with E-state index in [4.69, 9.17) is 0 Å². The lowest BCUT2D eigenvalue weighted by Crippen LogP contribution is -2.49. The molecule has 0 atom stereocenters. The van der Waals surface area contributed by atoms with Gasteiger partial charge in [0, 0.05) is 38.9 Å². The van der Waals surface area contributed by atoms with Crippen molar-refractivity contribution < 1.29 is 8.42 Å². The summed E-state index contributed by atoms with van der Waals surface area (Å²) in [5.41, 5.74) is 2.15. The fourth-order valence-corrected chi connectivity index (χ4v) is 5.60. The summed E-state index contributed by atoms with van der Waals surface area (Å²) in [6.45, 7) is 9.95. The molecule has 1 fully saturated rings. The molecular formula is C19H26N8O2S. The molecule has 0 N–H and O–H groups in total. The first-order chi connectivity index (χ1) is 14.3. The quantitative estimate of drug-likeness (QED) is 0.601. The molecule has 3 aromatic rings. The minimum absolute atomic E-state index is 0.330. The number of rotatable bonds is 5. The highest BCUT2D eigenvalue weighted by Gasteiger charge is 2.33. The Morgan fingerprint density at radius 1 is 0.933 bits per heavy atom. The van der Waals surface area contributed by atoms with Gasteiger partial charge in [0.05, 0.1) is 17.1 Å². The molecule has 11 heteroatoms. The van der Waals surface area contributed by atoms with Crippen molar-refractivity contribution in [1.82, 2.24) is 34.1 Å². The monoisotopic (exact) mass is 430 g/mol. The van der Waals surface area contributed by atoms with Gasteiger partial charge < -0.3 is 4.90 Å². The first-order valence-corrected chi connectivity index (χ1v) is 11.4. The van der Waals surface area contributed by atoms with Crippen molar-refractivity contribution in [1.29, 1.82) is 0 Å². The third-order valence-electron chi connectivity index (χ3n) is 5.37. The zero-order chi connectivity index (χ0) is 21.5. The normalized spacial score (nSPS) is 15.7. The van der Waals surface area contributed by atoms with Gasteiger partial charge in [0.1, 0.15) is 4.90 Å². The Bertz CT molecular complexity index is 1140. The highest BCUT2D eigenvalue weighted by atomic mass is 32.2. The number of sulfonamides is 1. The molecule has 0 radical (unpaired) electrons. The highest BCUT2D eigenvalue weighted by molar-refractivity contribution is 7.89. The minimum Gasteiger partial charge on any atom is -0.352 e. The first-order valence-electron chi connectivity index (χ1n) is 9.96. The fraction of sp³-hybridized carbons (Fsp3) is 0.474. The van der Waals surface area contributed by atoms with Gasteiger partial charge in [-0.1, -0.05) is 0 Å². The van der Waals surface area contributed by atoms with E-state index in [1.165, 1.54) is 4.31 Å². The van der Waals surface area contributed by atoms with Gasteiger partial charge in [-0.25, -0.2) is 13.1 Å².